The lowest BCUT2D eigenvalue weighted by Crippen LogP contribution is -2.32. The highest BCUT2D eigenvalue weighted by Crippen LogP contribution is 2.17. The van der Waals surface area contributed by atoms with Gasteiger partial charge in [-0.3, -0.25) is 9.59 Å². The number of carboxylic acid groups (broad SMARTS) is 1. The molecule has 0 saturated heterocycles. The van der Waals surface area contributed by atoms with Crippen LogP contribution in [0.25, 0.3) is 0 Å². The number of aldehydes is 1. The fourth-order valence-corrected chi connectivity index (χ4v) is 2.21. The number of aromatic carboxylic acids is 1. The maximum Gasteiger partial charge on any atom is 0.356 e. The highest BCUT2D eigenvalue weighted by atomic mass is 31.0. The number of hydrogen-bond acceptors (Lipinski definition) is 5. The molecular formula is C16H19N2O6P. The Labute approximate surface area is 146 Å². The Morgan fingerprint density at radius 2 is 2.12 bits per heavy atom. The van der Waals surface area contributed by atoms with Gasteiger partial charge in [0, 0.05) is 12.7 Å². The molecule has 1 heterocycles. The average molecular weight is 366 g/mol. The molecule has 2 N–H and O–H groups in total. The number of nitrogens with one attached hydrogen (secondary N) is 1. The van der Waals surface area contributed by atoms with Gasteiger partial charge in [-0.1, -0.05) is 23.8 Å². The molecule has 1 unspecified atom stereocenters. The lowest BCUT2D eigenvalue weighted by molar-refractivity contribution is -0.108. The van der Waals surface area contributed by atoms with Gasteiger partial charge in [-0.15, -0.1) is 0 Å². The van der Waals surface area contributed by atoms with Crippen LogP contribution in [0, 0.1) is 0 Å². The standard InChI is InChI=1S/C16H19N2O6P/c1-3-4-5-10(2)8-17-15(21)11-9-18(6-7-19)12(16(22)23)14(24-25)13(11)20/h3-5,7,9H,6,8,25H2,1-2H3,(H,17,21)(H,22,23)/b4-3-,10-5+. The van der Waals surface area contributed by atoms with Gasteiger partial charge < -0.3 is 24.3 Å². The van der Waals surface area contributed by atoms with E-state index in [1.807, 2.05) is 13.0 Å². The van der Waals surface area contributed by atoms with E-state index >= 15 is 0 Å². The zero-order chi connectivity index (χ0) is 19.0. The van der Waals surface area contributed by atoms with E-state index in [2.05, 4.69) is 5.32 Å². The van der Waals surface area contributed by atoms with Crippen LogP contribution in [0.15, 0.2) is 34.8 Å². The van der Waals surface area contributed by atoms with E-state index in [0.717, 1.165) is 16.3 Å². The molecule has 8 nitrogen and oxygen atoms in total. The van der Waals surface area contributed by atoms with Gasteiger partial charge in [-0.05, 0) is 13.8 Å². The molecule has 0 saturated carbocycles. The Bertz CT molecular complexity index is 795. The van der Waals surface area contributed by atoms with E-state index in [9.17, 15) is 24.3 Å². The predicted molar refractivity (Wildman–Crippen MR) is 95.0 cm³/mol. The van der Waals surface area contributed by atoms with E-state index in [-0.39, 0.29) is 18.7 Å². The van der Waals surface area contributed by atoms with E-state index in [1.54, 1.807) is 28.5 Å². The van der Waals surface area contributed by atoms with Crippen LogP contribution in [0.1, 0.15) is 34.7 Å². The third-order valence-corrected chi connectivity index (χ3v) is 3.41. The molecule has 0 aromatic carbocycles. The Hall–Kier alpha value is -2.73. The van der Waals surface area contributed by atoms with Crippen molar-refractivity contribution in [3.63, 3.8) is 0 Å². The topological polar surface area (TPSA) is 115 Å². The summed E-state index contributed by atoms with van der Waals surface area (Å²) in [6, 6.07) is 0. The van der Waals surface area contributed by atoms with Crippen LogP contribution in [0.4, 0.5) is 0 Å². The number of allylic oxidation sites excluding steroid dienone is 3. The lowest BCUT2D eigenvalue weighted by atomic mass is 10.2. The molecule has 134 valence electrons. The maximum absolute atomic E-state index is 12.3. The van der Waals surface area contributed by atoms with Crippen molar-refractivity contribution in [3.8, 4) is 5.75 Å². The number of carbonyl (C=O) groups is 3. The summed E-state index contributed by atoms with van der Waals surface area (Å²) in [6.45, 7) is 3.51. The zero-order valence-electron chi connectivity index (χ0n) is 13.8. The smallest absolute Gasteiger partial charge is 0.356 e. The first kappa shape index (κ1) is 20.3. The molecule has 9 heteroatoms. The van der Waals surface area contributed by atoms with Crippen molar-refractivity contribution >= 4 is 27.6 Å². The number of amides is 1. The Kier molecular flexibility index (Phi) is 7.75. The van der Waals surface area contributed by atoms with Gasteiger partial charge >= 0.3 is 5.97 Å². The molecule has 1 aromatic heterocycles. The van der Waals surface area contributed by atoms with Gasteiger partial charge in [-0.2, -0.15) is 0 Å². The lowest BCUT2D eigenvalue weighted by Gasteiger charge is -2.14. The summed E-state index contributed by atoms with van der Waals surface area (Å²) < 4.78 is 5.76. The second-order valence-corrected chi connectivity index (χ2v) is 5.25. The molecule has 0 radical (unpaired) electrons. The van der Waals surface area contributed by atoms with E-state index in [1.165, 1.54) is 0 Å². The molecule has 0 aliphatic heterocycles. The molecule has 1 rings (SSSR count). The van der Waals surface area contributed by atoms with E-state index in [0.29, 0.717) is 6.29 Å². The predicted octanol–water partition coefficient (Wildman–Crippen LogP) is 1.17. The summed E-state index contributed by atoms with van der Waals surface area (Å²) >= 11 is 0. The van der Waals surface area contributed by atoms with Crippen molar-refractivity contribution in [1.82, 2.24) is 9.88 Å². The summed E-state index contributed by atoms with van der Waals surface area (Å²) in [6.07, 6.45) is 6.93. The first-order valence-corrected chi connectivity index (χ1v) is 7.72. The molecule has 1 atom stereocenters. The average Bonchev–Trinajstić information content (AvgIpc) is 2.58. The van der Waals surface area contributed by atoms with Crippen LogP contribution in [-0.2, 0) is 11.3 Å². The van der Waals surface area contributed by atoms with Crippen LogP contribution < -0.4 is 15.3 Å². The van der Waals surface area contributed by atoms with Crippen LogP contribution in [0.5, 0.6) is 5.75 Å². The van der Waals surface area contributed by atoms with Gasteiger partial charge in [0.1, 0.15) is 11.8 Å². The molecule has 0 spiro atoms. The van der Waals surface area contributed by atoms with Crippen molar-refractivity contribution in [3.05, 3.63) is 51.5 Å². The van der Waals surface area contributed by atoms with Crippen molar-refractivity contribution in [2.24, 2.45) is 0 Å². The molecule has 0 aliphatic rings. The van der Waals surface area contributed by atoms with Crippen molar-refractivity contribution in [2.45, 2.75) is 20.4 Å². The van der Waals surface area contributed by atoms with Gasteiger partial charge in [0.05, 0.1) is 16.0 Å². The number of carbonyl (C=O) groups excluding carboxylic acids is 2. The zero-order valence-corrected chi connectivity index (χ0v) is 15.0. The first-order valence-electron chi connectivity index (χ1n) is 7.25. The third kappa shape index (κ3) is 5.12. The normalized spacial score (nSPS) is 11.4. The summed E-state index contributed by atoms with van der Waals surface area (Å²) in [5.74, 6) is -2.68. The maximum atomic E-state index is 12.3. The third-order valence-electron chi connectivity index (χ3n) is 3.18. The van der Waals surface area contributed by atoms with Gasteiger partial charge in [0.15, 0.2) is 5.69 Å². The van der Waals surface area contributed by atoms with E-state index in [4.69, 9.17) is 4.52 Å². The minimum absolute atomic E-state index is 0.202. The molecular weight excluding hydrogens is 347 g/mol. The highest BCUT2D eigenvalue weighted by Gasteiger charge is 2.24. The monoisotopic (exact) mass is 366 g/mol. The summed E-state index contributed by atoms with van der Waals surface area (Å²) in [7, 11) is 1.77. The second-order valence-electron chi connectivity index (χ2n) is 5.01. The van der Waals surface area contributed by atoms with Crippen molar-refractivity contribution < 1.29 is 24.0 Å². The molecule has 1 amide bonds. The highest BCUT2D eigenvalue weighted by molar-refractivity contribution is 7.10. The minimum Gasteiger partial charge on any atom is -0.476 e. The van der Waals surface area contributed by atoms with Gasteiger partial charge in [0.25, 0.3) is 5.91 Å². The fraction of sp³-hybridized carbons (Fsp3) is 0.250. The Balaban J connectivity index is 3.29. The second kappa shape index (κ2) is 9.54. The molecule has 0 fully saturated rings. The minimum atomic E-state index is -1.45. The first-order chi connectivity index (χ1) is 11.9. The van der Waals surface area contributed by atoms with Gasteiger partial charge in [-0.25, -0.2) is 4.79 Å². The van der Waals surface area contributed by atoms with E-state index < -0.39 is 28.7 Å². The summed E-state index contributed by atoms with van der Waals surface area (Å²) in [4.78, 5) is 46.8. The van der Waals surface area contributed by atoms with Crippen LogP contribution >= 0.6 is 9.47 Å². The fourth-order valence-electron chi connectivity index (χ4n) is 1.99. The van der Waals surface area contributed by atoms with Crippen molar-refractivity contribution in [2.75, 3.05) is 6.54 Å². The number of aromatic nitrogens is 1. The Morgan fingerprint density at radius 3 is 2.64 bits per heavy atom. The number of carboxylic acids is 1. The number of hydrogen-bond donors (Lipinski definition) is 2. The van der Waals surface area contributed by atoms with Gasteiger partial charge in [0.2, 0.25) is 11.2 Å². The molecule has 25 heavy (non-hydrogen) atoms. The molecule has 0 aliphatic carbocycles. The number of pyridine rings is 1. The number of nitrogens with zero attached hydrogens (tertiary/aromatic N) is 1. The van der Waals surface area contributed by atoms with Crippen LogP contribution in [0.2, 0.25) is 0 Å². The summed E-state index contributed by atoms with van der Waals surface area (Å²) in [5.41, 5.74) is -0.845. The van der Waals surface area contributed by atoms with Crippen molar-refractivity contribution in [1.29, 1.82) is 0 Å². The molecule has 1 aromatic rings. The molecule has 0 bridgehead atoms. The van der Waals surface area contributed by atoms with Crippen LogP contribution in [0.3, 0.4) is 0 Å². The number of rotatable bonds is 8. The quantitative estimate of drug-likeness (QED) is 0.405. The SMILES string of the molecule is C/C=C\C=C(/C)CNC(=O)c1cn(CC=O)c(C(=O)O)c(OP)c1=O. The Morgan fingerprint density at radius 1 is 1.44 bits per heavy atom. The summed E-state index contributed by atoms with van der Waals surface area (Å²) in [5, 5.41) is 11.8. The van der Waals surface area contributed by atoms with Crippen LogP contribution in [-0.4, -0.2) is 34.4 Å². The largest absolute Gasteiger partial charge is 0.476 e.